The number of aryl methyl sites for hydroxylation is 1. The lowest BCUT2D eigenvalue weighted by atomic mass is 10.0. The highest BCUT2D eigenvalue weighted by Gasteiger charge is 2.33. The molecule has 3 rings (SSSR count). The molecule has 1 aromatic carbocycles. The van der Waals surface area contributed by atoms with Gasteiger partial charge in [0, 0.05) is 18.7 Å². The van der Waals surface area contributed by atoms with Gasteiger partial charge in [-0.15, -0.1) is 0 Å². The van der Waals surface area contributed by atoms with Gasteiger partial charge in [0.2, 0.25) is 0 Å². The highest BCUT2D eigenvalue weighted by Crippen LogP contribution is 2.20. The second-order valence-corrected chi connectivity index (χ2v) is 5.11. The van der Waals surface area contributed by atoms with E-state index in [0.29, 0.717) is 31.3 Å². The Kier molecular flexibility index (Phi) is 3.23. The van der Waals surface area contributed by atoms with Crippen LogP contribution in [-0.4, -0.2) is 39.2 Å². The van der Waals surface area contributed by atoms with Gasteiger partial charge >= 0.3 is 5.97 Å². The summed E-state index contributed by atoms with van der Waals surface area (Å²) in [5, 5.41) is 12.7. The second kappa shape index (κ2) is 5.05. The highest BCUT2D eigenvalue weighted by molar-refractivity contribution is 5.71. The predicted octanol–water partition coefficient (Wildman–Crippen LogP) is 1.56. The zero-order valence-electron chi connectivity index (χ0n) is 11.1. The fourth-order valence-electron chi connectivity index (χ4n) is 2.19. The largest absolute Gasteiger partial charge is 0.481 e. The number of aliphatic carboxylic acids is 1. The number of hydrogen-bond acceptors (Lipinski definition) is 5. The molecular weight excluding hydrogens is 258 g/mol. The second-order valence-electron chi connectivity index (χ2n) is 5.11. The molecule has 1 saturated heterocycles. The average Bonchev–Trinajstić information content (AvgIpc) is 2.82. The Labute approximate surface area is 116 Å². The molecule has 6 heteroatoms. The van der Waals surface area contributed by atoms with Crippen molar-refractivity contribution in [3.8, 4) is 11.5 Å². The van der Waals surface area contributed by atoms with E-state index in [0.717, 1.165) is 5.56 Å². The van der Waals surface area contributed by atoms with Crippen LogP contribution in [0.2, 0.25) is 0 Å². The molecule has 0 unspecified atom stereocenters. The number of hydrogen-bond donors (Lipinski definition) is 1. The minimum absolute atomic E-state index is 0.265. The third-order valence-electron chi connectivity index (χ3n) is 3.44. The van der Waals surface area contributed by atoms with Gasteiger partial charge in [-0.25, -0.2) is 0 Å². The van der Waals surface area contributed by atoms with Gasteiger partial charge in [-0.1, -0.05) is 22.9 Å². The van der Waals surface area contributed by atoms with Gasteiger partial charge in [0.05, 0.1) is 12.5 Å². The molecular formula is C14H15N3O3. The summed E-state index contributed by atoms with van der Waals surface area (Å²) in [7, 11) is 0. The van der Waals surface area contributed by atoms with Gasteiger partial charge in [-0.2, -0.15) is 4.98 Å². The summed E-state index contributed by atoms with van der Waals surface area (Å²) in [5.74, 6) is 0.0768. The van der Waals surface area contributed by atoms with E-state index >= 15 is 0 Å². The number of rotatable bonds is 4. The van der Waals surface area contributed by atoms with Crippen molar-refractivity contribution in [3.63, 3.8) is 0 Å². The molecule has 0 atom stereocenters. The van der Waals surface area contributed by atoms with E-state index in [2.05, 4.69) is 10.1 Å². The first kappa shape index (κ1) is 12.8. The van der Waals surface area contributed by atoms with Gasteiger partial charge < -0.3 is 9.63 Å². The van der Waals surface area contributed by atoms with Crippen molar-refractivity contribution >= 4 is 5.97 Å². The lowest BCUT2D eigenvalue weighted by molar-refractivity contribution is -0.147. The summed E-state index contributed by atoms with van der Waals surface area (Å²) in [6.45, 7) is 3.64. The molecule has 0 aliphatic carbocycles. The molecule has 2 aromatic rings. The summed E-state index contributed by atoms with van der Waals surface area (Å²) in [6, 6.07) is 7.87. The van der Waals surface area contributed by atoms with Crippen molar-refractivity contribution in [3.05, 3.63) is 35.7 Å². The zero-order chi connectivity index (χ0) is 14.1. The molecule has 0 saturated carbocycles. The van der Waals surface area contributed by atoms with Crippen LogP contribution in [0.25, 0.3) is 11.5 Å². The molecule has 0 bridgehead atoms. The van der Waals surface area contributed by atoms with Crippen LogP contribution < -0.4 is 0 Å². The number of carboxylic acid groups (broad SMARTS) is 1. The molecule has 1 N–H and O–H groups in total. The predicted molar refractivity (Wildman–Crippen MR) is 70.9 cm³/mol. The number of nitrogens with zero attached hydrogens (tertiary/aromatic N) is 3. The Morgan fingerprint density at radius 3 is 2.75 bits per heavy atom. The lowest BCUT2D eigenvalue weighted by Crippen LogP contribution is -2.49. The van der Waals surface area contributed by atoms with Gasteiger partial charge in [0.25, 0.3) is 5.89 Å². The van der Waals surface area contributed by atoms with E-state index in [1.54, 1.807) is 0 Å². The molecule has 1 aromatic heterocycles. The number of aromatic nitrogens is 2. The van der Waals surface area contributed by atoms with Crippen LogP contribution in [-0.2, 0) is 11.3 Å². The molecule has 0 spiro atoms. The molecule has 0 radical (unpaired) electrons. The first-order valence-corrected chi connectivity index (χ1v) is 6.46. The van der Waals surface area contributed by atoms with Crippen molar-refractivity contribution in [2.75, 3.05) is 13.1 Å². The quantitative estimate of drug-likeness (QED) is 0.910. The van der Waals surface area contributed by atoms with Crippen LogP contribution in [0.15, 0.2) is 28.8 Å². The van der Waals surface area contributed by atoms with Gasteiger partial charge in [0.15, 0.2) is 5.82 Å². The Morgan fingerprint density at radius 1 is 1.40 bits per heavy atom. The smallest absolute Gasteiger partial charge is 0.309 e. The molecule has 2 heterocycles. The normalized spacial score (nSPS) is 16.1. The van der Waals surface area contributed by atoms with Gasteiger partial charge in [-0.3, -0.25) is 9.69 Å². The maximum Gasteiger partial charge on any atom is 0.309 e. The van der Waals surface area contributed by atoms with E-state index in [-0.39, 0.29) is 5.92 Å². The Bertz CT molecular complexity index is 615. The Hall–Kier alpha value is -2.21. The summed E-state index contributed by atoms with van der Waals surface area (Å²) in [6.07, 6.45) is 0. The number of carboxylic acids is 1. The summed E-state index contributed by atoms with van der Waals surface area (Å²) in [4.78, 5) is 17.0. The topological polar surface area (TPSA) is 79.5 Å². The standard InChI is InChI=1S/C14H15N3O3/c1-9-2-4-10(5-3-9)13-15-12(16-20-13)8-17-6-11(7-17)14(18)19/h2-5,11H,6-8H2,1H3,(H,18,19). The van der Waals surface area contributed by atoms with Crippen LogP contribution >= 0.6 is 0 Å². The Balaban J connectivity index is 1.63. The summed E-state index contributed by atoms with van der Waals surface area (Å²) >= 11 is 0. The fraction of sp³-hybridized carbons (Fsp3) is 0.357. The van der Waals surface area contributed by atoms with Gasteiger partial charge in [-0.05, 0) is 19.1 Å². The monoisotopic (exact) mass is 273 g/mol. The lowest BCUT2D eigenvalue weighted by Gasteiger charge is -2.35. The number of benzene rings is 1. The first-order chi connectivity index (χ1) is 9.61. The van der Waals surface area contributed by atoms with Crippen molar-refractivity contribution in [2.24, 2.45) is 5.92 Å². The molecule has 6 nitrogen and oxygen atoms in total. The molecule has 0 amide bonds. The summed E-state index contributed by atoms with van der Waals surface area (Å²) in [5.41, 5.74) is 2.06. The molecule has 1 aliphatic heterocycles. The van der Waals surface area contributed by atoms with Crippen LogP contribution in [0.4, 0.5) is 0 Å². The zero-order valence-corrected chi connectivity index (χ0v) is 11.1. The van der Waals surface area contributed by atoms with Crippen molar-refractivity contribution < 1.29 is 14.4 Å². The Morgan fingerprint density at radius 2 is 2.10 bits per heavy atom. The minimum Gasteiger partial charge on any atom is -0.481 e. The average molecular weight is 273 g/mol. The third-order valence-corrected chi connectivity index (χ3v) is 3.44. The SMILES string of the molecule is Cc1ccc(-c2nc(CN3CC(C(=O)O)C3)no2)cc1. The van der Waals surface area contributed by atoms with Crippen LogP contribution in [0.5, 0.6) is 0 Å². The third kappa shape index (κ3) is 2.55. The van der Waals surface area contributed by atoms with Gasteiger partial charge in [0.1, 0.15) is 0 Å². The molecule has 1 aliphatic rings. The van der Waals surface area contributed by atoms with E-state index in [1.165, 1.54) is 5.56 Å². The fourth-order valence-corrected chi connectivity index (χ4v) is 2.19. The van der Waals surface area contributed by atoms with Crippen molar-refractivity contribution in [1.82, 2.24) is 15.0 Å². The van der Waals surface area contributed by atoms with Crippen molar-refractivity contribution in [2.45, 2.75) is 13.5 Å². The maximum atomic E-state index is 10.7. The van der Waals surface area contributed by atoms with E-state index in [4.69, 9.17) is 9.63 Å². The van der Waals surface area contributed by atoms with Crippen LogP contribution in [0.3, 0.4) is 0 Å². The number of carbonyl (C=O) groups is 1. The van der Waals surface area contributed by atoms with Crippen molar-refractivity contribution in [1.29, 1.82) is 0 Å². The van der Waals surface area contributed by atoms with E-state index in [1.807, 2.05) is 36.1 Å². The maximum absolute atomic E-state index is 10.7. The molecule has 104 valence electrons. The minimum atomic E-state index is -0.741. The van der Waals surface area contributed by atoms with Crippen LogP contribution in [0.1, 0.15) is 11.4 Å². The summed E-state index contributed by atoms with van der Waals surface area (Å²) < 4.78 is 5.23. The number of likely N-dealkylation sites (tertiary alicyclic amines) is 1. The molecule has 1 fully saturated rings. The first-order valence-electron chi connectivity index (χ1n) is 6.46. The highest BCUT2D eigenvalue weighted by atomic mass is 16.5. The van der Waals surface area contributed by atoms with E-state index in [9.17, 15) is 4.79 Å². The van der Waals surface area contributed by atoms with E-state index < -0.39 is 5.97 Å². The van der Waals surface area contributed by atoms with Crippen LogP contribution in [0, 0.1) is 12.8 Å². The molecule has 20 heavy (non-hydrogen) atoms.